The standard InChI is InChI=1S/C26H39N3O4S/c1-8-18-10-9-11-19(16-18)22(23(30)27-17(2)3)29(20-12-13-20)24(31)21(14-15-34-7)28-25(32)33-26(4,5)6/h8-11,16-17,20-22H,1,12-15H2,2-7H3,(H,27,30)(H,28,32). The molecule has 7 nitrogen and oxygen atoms in total. The molecule has 2 atom stereocenters. The first-order valence-electron chi connectivity index (χ1n) is 11.8. The fourth-order valence-electron chi connectivity index (χ4n) is 3.65. The maximum Gasteiger partial charge on any atom is 0.408 e. The summed E-state index contributed by atoms with van der Waals surface area (Å²) in [7, 11) is 0. The molecule has 0 aliphatic heterocycles. The summed E-state index contributed by atoms with van der Waals surface area (Å²) in [5.41, 5.74) is 0.906. The van der Waals surface area contributed by atoms with Crippen LogP contribution in [0.4, 0.5) is 4.79 Å². The fourth-order valence-corrected chi connectivity index (χ4v) is 4.12. The number of benzene rings is 1. The summed E-state index contributed by atoms with van der Waals surface area (Å²) in [6.07, 6.45) is 5.11. The molecule has 188 valence electrons. The number of nitrogens with one attached hydrogen (secondary N) is 2. The van der Waals surface area contributed by atoms with Gasteiger partial charge in [0.2, 0.25) is 11.8 Å². The van der Waals surface area contributed by atoms with Crippen LogP contribution in [-0.2, 0) is 14.3 Å². The van der Waals surface area contributed by atoms with E-state index in [1.165, 1.54) is 0 Å². The molecular formula is C26H39N3O4S. The monoisotopic (exact) mass is 489 g/mol. The third-order valence-corrected chi connectivity index (χ3v) is 5.86. The highest BCUT2D eigenvalue weighted by Gasteiger charge is 2.44. The minimum Gasteiger partial charge on any atom is -0.444 e. The highest BCUT2D eigenvalue weighted by atomic mass is 32.2. The molecule has 1 saturated carbocycles. The van der Waals surface area contributed by atoms with E-state index < -0.39 is 23.8 Å². The molecule has 2 unspecified atom stereocenters. The Morgan fingerprint density at radius 1 is 1.24 bits per heavy atom. The van der Waals surface area contributed by atoms with Gasteiger partial charge in [-0.25, -0.2) is 4.79 Å². The van der Waals surface area contributed by atoms with Crippen molar-refractivity contribution in [2.45, 2.75) is 83.6 Å². The van der Waals surface area contributed by atoms with E-state index >= 15 is 0 Å². The summed E-state index contributed by atoms with van der Waals surface area (Å²) >= 11 is 1.59. The molecule has 0 aromatic heterocycles. The van der Waals surface area contributed by atoms with Crippen molar-refractivity contribution in [3.63, 3.8) is 0 Å². The quantitative estimate of drug-likeness (QED) is 0.477. The molecule has 8 heteroatoms. The molecule has 0 spiro atoms. The summed E-state index contributed by atoms with van der Waals surface area (Å²) in [5.74, 6) is 0.173. The number of nitrogens with zero attached hydrogens (tertiary/aromatic N) is 1. The Morgan fingerprint density at radius 3 is 2.44 bits per heavy atom. The molecule has 0 radical (unpaired) electrons. The van der Waals surface area contributed by atoms with Crippen LogP contribution in [0.15, 0.2) is 30.8 Å². The van der Waals surface area contributed by atoms with E-state index in [9.17, 15) is 14.4 Å². The molecule has 2 rings (SSSR count). The summed E-state index contributed by atoms with van der Waals surface area (Å²) in [5, 5.41) is 5.74. The molecule has 0 bridgehead atoms. The van der Waals surface area contributed by atoms with Gasteiger partial charge >= 0.3 is 6.09 Å². The Hall–Kier alpha value is -2.48. The van der Waals surface area contributed by atoms with Gasteiger partial charge in [-0.2, -0.15) is 11.8 Å². The predicted molar refractivity (Wildman–Crippen MR) is 139 cm³/mol. The first-order chi connectivity index (χ1) is 16.0. The normalized spacial score (nSPS) is 15.3. The largest absolute Gasteiger partial charge is 0.444 e. The lowest BCUT2D eigenvalue weighted by molar-refractivity contribution is -0.143. The minimum atomic E-state index is -0.806. The maximum absolute atomic E-state index is 13.9. The zero-order valence-electron chi connectivity index (χ0n) is 21.2. The van der Waals surface area contributed by atoms with Gasteiger partial charge in [0.1, 0.15) is 17.7 Å². The van der Waals surface area contributed by atoms with Gasteiger partial charge in [0.15, 0.2) is 0 Å². The average molecular weight is 490 g/mol. The molecule has 3 amide bonds. The summed E-state index contributed by atoms with van der Waals surface area (Å²) < 4.78 is 5.41. The Morgan fingerprint density at radius 2 is 1.91 bits per heavy atom. The Kier molecular flexibility index (Phi) is 10.0. The number of amides is 3. The summed E-state index contributed by atoms with van der Waals surface area (Å²) in [4.78, 5) is 41.6. The van der Waals surface area contributed by atoms with Gasteiger partial charge in [-0.3, -0.25) is 9.59 Å². The lowest BCUT2D eigenvalue weighted by Gasteiger charge is -2.35. The molecule has 2 N–H and O–H groups in total. The van der Waals surface area contributed by atoms with Crippen molar-refractivity contribution >= 4 is 35.7 Å². The maximum atomic E-state index is 13.9. The van der Waals surface area contributed by atoms with E-state index in [0.29, 0.717) is 12.2 Å². The number of rotatable bonds is 11. The van der Waals surface area contributed by atoms with Crippen molar-refractivity contribution in [2.24, 2.45) is 0 Å². The van der Waals surface area contributed by atoms with E-state index in [-0.39, 0.29) is 23.9 Å². The third-order valence-electron chi connectivity index (χ3n) is 5.21. The number of carbonyl (C=O) groups is 3. The minimum absolute atomic E-state index is 0.0555. The van der Waals surface area contributed by atoms with Gasteiger partial charge in [0.05, 0.1) is 0 Å². The Bertz CT molecular complexity index is 877. The van der Waals surface area contributed by atoms with Crippen LogP contribution >= 0.6 is 11.8 Å². The van der Waals surface area contributed by atoms with Crippen molar-refractivity contribution in [3.05, 3.63) is 42.0 Å². The second kappa shape index (κ2) is 12.3. The zero-order chi connectivity index (χ0) is 25.5. The molecule has 0 heterocycles. The molecule has 1 aliphatic rings. The highest BCUT2D eigenvalue weighted by Crippen LogP contribution is 2.36. The van der Waals surface area contributed by atoms with E-state index in [1.54, 1.807) is 43.5 Å². The molecular weight excluding hydrogens is 450 g/mol. The zero-order valence-corrected chi connectivity index (χ0v) is 22.0. The van der Waals surface area contributed by atoms with Crippen molar-refractivity contribution in [3.8, 4) is 0 Å². The molecule has 0 saturated heterocycles. The van der Waals surface area contributed by atoms with E-state index in [2.05, 4.69) is 17.2 Å². The average Bonchev–Trinajstić information content (AvgIpc) is 3.57. The lowest BCUT2D eigenvalue weighted by Crippen LogP contribution is -2.54. The SMILES string of the molecule is C=Cc1cccc(C(C(=O)NC(C)C)N(C(=O)C(CCSC)NC(=O)OC(C)(C)C)C2CC2)c1. The van der Waals surface area contributed by atoms with Crippen molar-refractivity contribution in [2.75, 3.05) is 12.0 Å². The molecule has 1 aromatic carbocycles. The number of alkyl carbamates (subject to hydrolysis) is 1. The van der Waals surface area contributed by atoms with Crippen LogP contribution in [0.2, 0.25) is 0 Å². The van der Waals surface area contributed by atoms with Gasteiger partial charge in [0, 0.05) is 12.1 Å². The second-order valence-corrected chi connectivity index (χ2v) is 10.9. The van der Waals surface area contributed by atoms with E-state index in [1.807, 2.05) is 44.4 Å². The number of carbonyl (C=O) groups excluding carboxylic acids is 3. The van der Waals surface area contributed by atoms with Crippen LogP contribution in [0.3, 0.4) is 0 Å². The molecule has 1 fully saturated rings. The van der Waals surface area contributed by atoms with Gasteiger partial charge in [-0.05, 0) is 83.1 Å². The number of hydrogen-bond donors (Lipinski definition) is 2. The van der Waals surface area contributed by atoms with E-state index in [4.69, 9.17) is 4.74 Å². The van der Waals surface area contributed by atoms with Gasteiger partial charge in [0.25, 0.3) is 0 Å². The molecule has 34 heavy (non-hydrogen) atoms. The number of ether oxygens (including phenoxy) is 1. The van der Waals surface area contributed by atoms with Gasteiger partial charge in [-0.15, -0.1) is 0 Å². The second-order valence-electron chi connectivity index (χ2n) is 9.90. The van der Waals surface area contributed by atoms with Crippen molar-refractivity contribution < 1.29 is 19.1 Å². The third kappa shape index (κ3) is 8.38. The van der Waals surface area contributed by atoms with Crippen molar-refractivity contribution in [1.29, 1.82) is 0 Å². The van der Waals surface area contributed by atoms with Crippen molar-refractivity contribution in [1.82, 2.24) is 15.5 Å². The topological polar surface area (TPSA) is 87.7 Å². The van der Waals surface area contributed by atoms with Gasteiger partial charge in [-0.1, -0.05) is 30.9 Å². The molecule has 1 aromatic rings. The Balaban J connectivity index is 2.44. The van der Waals surface area contributed by atoms with Crippen LogP contribution < -0.4 is 10.6 Å². The highest BCUT2D eigenvalue weighted by molar-refractivity contribution is 7.98. The number of hydrogen-bond acceptors (Lipinski definition) is 5. The first kappa shape index (κ1) is 27.8. The van der Waals surface area contributed by atoms with Gasteiger partial charge < -0.3 is 20.3 Å². The lowest BCUT2D eigenvalue weighted by atomic mass is 9.99. The smallest absolute Gasteiger partial charge is 0.408 e. The van der Waals surface area contributed by atoms with E-state index in [0.717, 1.165) is 24.0 Å². The summed E-state index contributed by atoms with van der Waals surface area (Å²) in [6.45, 7) is 13.0. The predicted octanol–water partition coefficient (Wildman–Crippen LogP) is 4.53. The summed E-state index contributed by atoms with van der Waals surface area (Å²) in [6, 6.07) is 5.78. The van der Waals surface area contributed by atoms with Crippen LogP contribution in [-0.4, -0.2) is 58.5 Å². The van der Waals surface area contributed by atoms with Crippen LogP contribution in [0.5, 0.6) is 0 Å². The molecule has 1 aliphatic carbocycles. The fraction of sp³-hybridized carbons (Fsp3) is 0.577. The van der Waals surface area contributed by atoms with Crippen LogP contribution in [0, 0.1) is 0 Å². The first-order valence-corrected chi connectivity index (χ1v) is 13.2. The number of thioether (sulfide) groups is 1. The van der Waals surface area contributed by atoms with Crippen LogP contribution in [0.1, 0.15) is 71.0 Å². The van der Waals surface area contributed by atoms with Crippen LogP contribution in [0.25, 0.3) is 6.08 Å². The Labute approximate surface area is 208 Å².